The quantitative estimate of drug-likeness (QED) is 0.861. The fourth-order valence-electron chi connectivity index (χ4n) is 2.14. The van der Waals surface area contributed by atoms with E-state index in [2.05, 4.69) is 23.7 Å². The minimum Gasteiger partial charge on any atom is -0.307 e. The lowest BCUT2D eigenvalue weighted by atomic mass is 10.0. The van der Waals surface area contributed by atoms with Crippen LogP contribution in [0.4, 0.5) is 8.78 Å². The van der Waals surface area contributed by atoms with Crippen molar-refractivity contribution in [2.45, 2.75) is 32.4 Å². The fraction of sp³-hybridized carbons (Fsp3) is 0.333. The van der Waals surface area contributed by atoms with Crippen molar-refractivity contribution in [2.24, 2.45) is 0 Å². The molecule has 1 aromatic heterocycles. The molecule has 2 aromatic rings. The summed E-state index contributed by atoms with van der Waals surface area (Å²) in [7, 11) is 0. The minimum atomic E-state index is -0.475. The fourth-order valence-corrected chi connectivity index (χ4v) is 2.89. The van der Waals surface area contributed by atoms with E-state index in [-0.39, 0.29) is 17.6 Å². The van der Waals surface area contributed by atoms with E-state index in [9.17, 15) is 8.78 Å². The van der Waals surface area contributed by atoms with Crippen molar-refractivity contribution < 1.29 is 8.78 Å². The van der Waals surface area contributed by atoms with Crippen LogP contribution >= 0.6 is 11.3 Å². The first kappa shape index (κ1) is 14.2. The molecule has 1 nitrogen and oxygen atoms in total. The molecular formula is C15H17F2NS. The van der Waals surface area contributed by atoms with E-state index in [1.54, 1.807) is 11.3 Å². The van der Waals surface area contributed by atoms with Crippen LogP contribution in [0.2, 0.25) is 0 Å². The summed E-state index contributed by atoms with van der Waals surface area (Å²) in [5.74, 6) is -0.950. The highest BCUT2D eigenvalue weighted by Crippen LogP contribution is 2.18. The third kappa shape index (κ3) is 3.61. The molecule has 0 amide bonds. The molecule has 19 heavy (non-hydrogen) atoms. The summed E-state index contributed by atoms with van der Waals surface area (Å²) in [5, 5.41) is 7.46. The van der Waals surface area contributed by atoms with Gasteiger partial charge in [-0.05, 0) is 54.8 Å². The zero-order chi connectivity index (χ0) is 13.8. The van der Waals surface area contributed by atoms with E-state index in [0.29, 0.717) is 6.42 Å². The van der Waals surface area contributed by atoms with E-state index >= 15 is 0 Å². The van der Waals surface area contributed by atoms with Gasteiger partial charge in [0.25, 0.3) is 0 Å². The average Bonchev–Trinajstić information content (AvgIpc) is 2.88. The molecule has 0 aliphatic carbocycles. The Morgan fingerprint density at radius 2 is 1.84 bits per heavy atom. The van der Waals surface area contributed by atoms with E-state index < -0.39 is 11.6 Å². The molecule has 0 radical (unpaired) electrons. The Balaban J connectivity index is 2.00. The van der Waals surface area contributed by atoms with E-state index in [1.165, 1.54) is 23.8 Å². The van der Waals surface area contributed by atoms with Crippen molar-refractivity contribution in [3.05, 3.63) is 57.8 Å². The first-order chi connectivity index (χ1) is 9.08. The van der Waals surface area contributed by atoms with Gasteiger partial charge in [-0.2, -0.15) is 11.3 Å². The van der Waals surface area contributed by atoms with Gasteiger partial charge in [0.2, 0.25) is 0 Å². The molecule has 4 heteroatoms. The standard InChI is InChI=1S/C15H17F2NS/c1-10(18-11(2)12-6-7-19-9-12)8-13-14(16)4-3-5-15(13)17/h3-7,9-11,18H,8H2,1-2H3. The molecule has 0 bridgehead atoms. The van der Waals surface area contributed by atoms with Crippen LogP contribution in [0.3, 0.4) is 0 Å². The van der Waals surface area contributed by atoms with Crippen LogP contribution in [0, 0.1) is 11.6 Å². The van der Waals surface area contributed by atoms with Gasteiger partial charge in [-0.3, -0.25) is 0 Å². The summed E-state index contributed by atoms with van der Waals surface area (Å²) in [6.45, 7) is 3.99. The number of rotatable bonds is 5. The predicted octanol–water partition coefficient (Wildman–Crippen LogP) is 4.31. The zero-order valence-corrected chi connectivity index (χ0v) is 11.8. The highest BCUT2D eigenvalue weighted by atomic mass is 32.1. The van der Waals surface area contributed by atoms with E-state index in [1.807, 2.05) is 12.3 Å². The molecule has 1 N–H and O–H groups in total. The molecule has 0 spiro atoms. The molecular weight excluding hydrogens is 264 g/mol. The SMILES string of the molecule is CC(Cc1c(F)cccc1F)NC(C)c1ccsc1. The summed E-state index contributed by atoms with van der Waals surface area (Å²) >= 11 is 1.64. The third-order valence-electron chi connectivity index (χ3n) is 3.15. The van der Waals surface area contributed by atoms with Crippen LogP contribution in [-0.4, -0.2) is 6.04 Å². The van der Waals surface area contributed by atoms with Crippen molar-refractivity contribution in [1.29, 1.82) is 0 Å². The second-order valence-corrected chi connectivity index (χ2v) is 5.53. The van der Waals surface area contributed by atoms with Gasteiger partial charge in [-0.25, -0.2) is 8.78 Å². The van der Waals surface area contributed by atoms with Crippen LogP contribution in [0.25, 0.3) is 0 Å². The minimum absolute atomic E-state index is 0.00120. The Morgan fingerprint density at radius 1 is 1.16 bits per heavy atom. The van der Waals surface area contributed by atoms with Crippen molar-refractivity contribution in [2.75, 3.05) is 0 Å². The molecule has 2 atom stereocenters. The molecule has 1 heterocycles. The van der Waals surface area contributed by atoms with Crippen LogP contribution in [0.15, 0.2) is 35.0 Å². The Hall–Kier alpha value is -1.26. The number of nitrogens with one attached hydrogen (secondary N) is 1. The van der Waals surface area contributed by atoms with E-state index in [4.69, 9.17) is 0 Å². The maximum Gasteiger partial charge on any atom is 0.129 e. The van der Waals surface area contributed by atoms with Crippen LogP contribution in [-0.2, 0) is 6.42 Å². The molecule has 0 saturated heterocycles. The van der Waals surface area contributed by atoms with E-state index in [0.717, 1.165) is 0 Å². The zero-order valence-electron chi connectivity index (χ0n) is 11.0. The molecule has 0 aliphatic heterocycles. The molecule has 0 fully saturated rings. The van der Waals surface area contributed by atoms with Gasteiger partial charge in [0, 0.05) is 17.6 Å². The van der Waals surface area contributed by atoms with Crippen LogP contribution in [0.5, 0.6) is 0 Å². The topological polar surface area (TPSA) is 12.0 Å². The Kier molecular flexibility index (Phi) is 4.66. The highest BCUT2D eigenvalue weighted by molar-refractivity contribution is 7.07. The largest absolute Gasteiger partial charge is 0.307 e. The predicted molar refractivity (Wildman–Crippen MR) is 75.4 cm³/mol. The molecule has 2 rings (SSSR count). The third-order valence-corrected chi connectivity index (χ3v) is 3.85. The highest BCUT2D eigenvalue weighted by Gasteiger charge is 2.15. The molecule has 0 aliphatic rings. The van der Waals surface area contributed by atoms with Crippen molar-refractivity contribution in [1.82, 2.24) is 5.32 Å². The second-order valence-electron chi connectivity index (χ2n) is 4.75. The number of benzene rings is 1. The molecule has 0 saturated carbocycles. The molecule has 2 unspecified atom stereocenters. The normalized spacial score (nSPS) is 14.3. The first-order valence-electron chi connectivity index (χ1n) is 6.29. The number of hydrogen-bond donors (Lipinski definition) is 1. The van der Waals surface area contributed by atoms with Gasteiger partial charge in [-0.15, -0.1) is 0 Å². The average molecular weight is 281 g/mol. The van der Waals surface area contributed by atoms with Gasteiger partial charge < -0.3 is 5.32 Å². The van der Waals surface area contributed by atoms with Gasteiger partial charge in [0.1, 0.15) is 11.6 Å². The smallest absolute Gasteiger partial charge is 0.129 e. The summed E-state index contributed by atoms with van der Waals surface area (Å²) in [6.07, 6.45) is 0.340. The number of hydrogen-bond acceptors (Lipinski definition) is 2. The van der Waals surface area contributed by atoms with Crippen LogP contribution in [0.1, 0.15) is 31.0 Å². The van der Waals surface area contributed by atoms with Gasteiger partial charge in [-0.1, -0.05) is 6.07 Å². The molecule has 1 aromatic carbocycles. The molecule has 102 valence electrons. The summed E-state index contributed by atoms with van der Waals surface area (Å²) in [5.41, 5.74) is 1.35. The Morgan fingerprint density at radius 3 is 2.42 bits per heavy atom. The lowest BCUT2D eigenvalue weighted by molar-refractivity contribution is 0.458. The maximum atomic E-state index is 13.6. The summed E-state index contributed by atoms with van der Waals surface area (Å²) < 4.78 is 27.1. The summed E-state index contributed by atoms with van der Waals surface area (Å²) in [4.78, 5) is 0. The summed E-state index contributed by atoms with van der Waals surface area (Å²) in [6, 6.07) is 6.22. The van der Waals surface area contributed by atoms with Crippen molar-refractivity contribution in [3.63, 3.8) is 0 Å². The van der Waals surface area contributed by atoms with Gasteiger partial charge in [0.15, 0.2) is 0 Å². The lowest BCUT2D eigenvalue weighted by Gasteiger charge is -2.20. The van der Waals surface area contributed by atoms with Crippen LogP contribution < -0.4 is 5.32 Å². The Labute approximate surface area is 116 Å². The Bertz CT molecular complexity index is 505. The number of halogens is 2. The van der Waals surface area contributed by atoms with Gasteiger partial charge in [0.05, 0.1) is 0 Å². The van der Waals surface area contributed by atoms with Crippen molar-refractivity contribution >= 4 is 11.3 Å². The lowest BCUT2D eigenvalue weighted by Crippen LogP contribution is -2.31. The first-order valence-corrected chi connectivity index (χ1v) is 7.23. The maximum absolute atomic E-state index is 13.6. The second kappa shape index (κ2) is 6.26. The monoisotopic (exact) mass is 281 g/mol. The van der Waals surface area contributed by atoms with Gasteiger partial charge >= 0.3 is 0 Å². The number of thiophene rings is 1. The van der Waals surface area contributed by atoms with Crippen molar-refractivity contribution in [3.8, 4) is 0 Å².